The smallest absolute Gasteiger partial charge is 0.220 e. The third-order valence-corrected chi connectivity index (χ3v) is 4.59. The molecule has 0 saturated heterocycles. The van der Waals surface area contributed by atoms with Crippen molar-refractivity contribution in [3.05, 3.63) is 17.0 Å². The molecule has 1 amide bonds. The summed E-state index contributed by atoms with van der Waals surface area (Å²) >= 11 is 0. The summed E-state index contributed by atoms with van der Waals surface area (Å²) in [7, 11) is 0. The fourth-order valence-corrected chi connectivity index (χ4v) is 3.47. The first-order chi connectivity index (χ1) is 9.76. The van der Waals surface area contributed by atoms with Crippen LogP contribution in [-0.2, 0) is 24.2 Å². The molecule has 1 saturated carbocycles. The van der Waals surface area contributed by atoms with E-state index in [1.165, 1.54) is 25.7 Å². The maximum Gasteiger partial charge on any atom is 0.220 e. The molecule has 1 heterocycles. The lowest BCUT2D eigenvalue weighted by atomic mass is 9.91. The minimum atomic E-state index is -0.0957. The van der Waals surface area contributed by atoms with Crippen LogP contribution < -0.4 is 5.32 Å². The molecule has 2 aliphatic carbocycles. The van der Waals surface area contributed by atoms with Gasteiger partial charge in [0.15, 0.2) is 0 Å². The van der Waals surface area contributed by atoms with Crippen LogP contribution in [0.15, 0.2) is 4.52 Å². The minimum Gasteiger partial charge on any atom is -0.390 e. The van der Waals surface area contributed by atoms with E-state index in [4.69, 9.17) is 4.52 Å². The number of rotatable bonds is 4. The van der Waals surface area contributed by atoms with Gasteiger partial charge in [-0.05, 0) is 31.6 Å². The van der Waals surface area contributed by atoms with Gasteiger partial charge in [-0.2, -0.15) is 0 Å². The lowest BCUT2D eigenvalue weighted by Crippen LogP contribution is -2.39. The molecule has 0 spiro atoms. The number of aliphatic hydroxyl groups excluding tert-OH is 1. The maximum absolute atomic E-state index is 12.1. The van der Waals surface area contributed by atoms with Crippen LogP contribution in [0.25, 0.3) is 0 Å². The fourth-order valence-electron chi connectivity index (χ4n) is 3.47. The Bertz CT molecular complexity index is 464. The summed E-state index contributed by atoms with van der Waals surface area (Å²) in [6.45, 7) is -0.0957. The van der Waals surface area contributed by atoms with Crippen molar-refractivity contribution in [3.8, 4) is 0 Å². The second-order valence-corrected chi connectivity index (χ2v) is 6.05. The summed E-state index contributed by atoms with van der Waals surface area (Å²) in [6.07, 6.45) is 8.01. The molecule has 20 heavy (non-hydrogen) atoms. The van der Waals surface area contributed by atoms with Crippen LogP contribution >= 0.6 is 0 Å². The Hall–Kier alpha value is -1.36. The molecule has 0 aliphatic heterocycles. The molecule has 2 N–H and O–H groups in total. The second-order valence-electron chi connectivity index (χ2n) is 6.05. The van der Waals surface area contributed by atoms with Crippen LogP contribution in [0.5, 0.6) is 0 Å². The number of hydrogen-bond donors (Lipinski definition) is 2. The Morgan fingerprint density at radius 2 is 2.15 bits per heavy atom. The van der Waals surface area contributed by atoms with Crippen LogP contribution in [0.1, 0.15) is 55.5 Å². The van der Waals surface area contributed by atoms with Crippen LogP contribution in [0, 0.1) is 5.92 Å². The number of aryl methyl sites for hydroxylation is 1. The van der Waals surface area contributed by atoms with Gasteiger partial charge in [-0.1, -0.05) is 18.0 Å². The standard InChI is InChI=1S/C15H22N2O3/c18-9-13-12-8-11(5-6-14(12)20-17-13)16-15(19)7-10-3-1-2-4-10/h10-11,18H,1-9H2,(H,16,19). The van der Waals surface area contributed by atoms with E-state index in [2.05, 4.69) is 10.5 Å². The largest absolute Gasteiger partial charge is 0.390 e. The zero-order chi connectivity index (χ0) is 13.9. The van der Waals surface area contributed by atoms with Crippen molar-refractivity contribution < 1.29 is 14.4 Å². The number of nitrogens with one attached hydrogen (secondary N) is 1. The van der Waals surface area contributed by atoms with Gasteiger partial charge in [0, 0.05) is 24.4 Å². The van der Waals surface area contributed by atoms with E-state index < -0.39 is 0 Å². The number of hydrogen-bond acceptors (Lipinski definition) is 4. The Labute approximate surface area is 118 Å². The van der Waals surface area contributed by atoms with Gasteiger partial charge in [0.1, 0.15) is 11.5 Å². The van der Waals surface area contributed by atoms with Crippen molar-refractivity contribution in [2.24, 2.45) is 5.92 Å². The van der Waals surface area contributed by atoms with Gasteiger partial charge in [-0.25, -0.2) is 0 Å². The Balaban J connectivity index is 1.55. The van der Waals surface area contributed by atoms with Gasteiger partial charge < -0.3 is 14.9 Å². The first-order valence-corrected chi connectivity index (χ1v) is 7.62. The molecule has 0 bridgehead atoms. The number of carbonyl (C=O) groups is 1. The summed E-state index contributed by atoms with van der Waals surface area (Å²) in [4.78, 5) is 12.1. The highest BCUT2D eigenvalue weighted by Gasteiger charge is 2.27. The Morgan fingerprint density at radius 3 is 2.90 bits per heavy atom. The monoisotopic (exact) mass is 278 g/mol. The molecule has 0 radical (unpaired) electrons. The van der Waals surface area contributed by atoms with Gasteiger partial charge >= 0.3 is 0 Å². The highest BCUT2D eigenvalue weighted by molar-refractivity contribution is 5.76. The second kappa shape index (κ2) is 5.95. The third kappa shape index (κ3) is 2.87. The molecule has 5 nitrogen and oxygen atoms in total. The minimum absolute atomic E-state index is 0.0957. The summed E-state index contributed by atoms with van der Waals surface area (Å²) in [5, 5.41) is 16.2. The van der Waals surface area contributed by atoms with Crippen LogP contribution in [0.2, 0.25) is 0 Å². The van der Waals surface area contributed by atoms with Crippen LogP contribution in [0.4, 0.5) is 0 Å². The predicted octanol–water partition coefficient (Wildman–Crippen LogP) is 1.72. The molecule has 1 unspecified atom stereocenters. The number of aromatic nitrogens is 1. The molecule has 1 atom stereocenters. The molecular weight excluding hydrogens is 256 g/mol. The highest BCUT2D eigenvalue weighted by atomic mass is 16.5. The van der Waals surface area contributed by atoms with E-state index in [1.807, 2.05) is 0 Å². The van der Waals surface area contributed by atoms with Gasteiger partial charge in [0.25, 0.3) is 0 Å². The molecule has 1 aromatic rings. The van der Waals surface area contributed by atoms with E-state index in [-0.39, 0.29) is 18.6 Å². The summed E-state index contributed by atoms with van der Waals surface area (Å²) < 4.78 is 5.22. The van der Waals surface area contributed by atoms with E-state index in [1.54, 1.807) is 0 Å². The Morgan fingerprint density at radius 1 is 1.35 bits per heavy atom. The zero-order valence-corrected chi connectivity index (χ0v) is 11.7. The van der Waals surface area contributed by atoms with Gasteiger partial charge in [-0.15, -0.1) is 0 Å². The van der Waals surface area contributed by atoms with Gasteiger partial charge in [-0.3, -0.25) is 4.79 Å². The summed E-state index contributed by atoms with van der Waals surface area (Å²) in [5.41, 5.74) is 1.61. The van der Waals surface area contributed by atoms with Crippen molar-refractivity contribution in [2.75, 3.05) is 0 Å². The van der Waals surface area contributed by atoms with Gasteiger partial charge in [0.05, 0.1) is 6.61 Å². The number of aliphatic hydroxyl groups is 1. The normalized spacial score (nSPS) is 22.8. The third-order valence-electron chi connectivity index (χ3n) is 4.59. The number of carbonyl (C=O) groups excluding carboxylic acids is 1. The van der Waals surface area contributed by atoms with Crippen molar-refractivity contribution >= 4 is 5.91 Å². The van der Waals surface area contributed by atoms with Crippen molar-refractivity contribution in [1.29, 1.82) is 0 Å². The molecular formula is C15H22N2O3. The van der Waals surface area contributed by atoms with Gasteiger partial charge in [0.2, 0.25) is 5.91 Å². The zero-order valence-electron chi connectivity index (χ0n) is 11.7. The molecule has 0 aromatic carbocycles. The van der Waals surface area contributed by atoms with Crippen molar-refractivity contribution in [3.63, 3.8) is 0 Å². The SMILES string of the molecule is O=C(CC1CCCC1)NC1CCc2onc(CO)c2C1. The summed E-state index contributed by atoms with van der Waals surface area (Å²) in [5.74, 6) is 1.63. The summed E-state index contributed by atoms with van der Waals surface area (Å²) in [6, 6.07) is 0.154. The fraction of sp³-hybridized carbons (Fsp3) is 0.733. The van der Waals surface area contributed by atoms with Crippen LogP contribution in [0.3, 0.4) is 0 Å². The number of fused-ring (bicyclic) bond motifs is 1. The lowest BCUT2D eigenvalue weighted by Gasteiger charge is -2.23. The molecule has 110 valence electrons. The van der Waals surface area contributed by atoms with E-state index in [0.29, 0.717) is 18.0 Å². The van der Waals surface area contributed by atoms with E-state index >= 15 is 0 Å². The highest BCUT2D eigenvalue weighted by Crippen LogP contribution is 2.28. The molecule has 1 aromatic heterocycles. The maximum atomic E-state index is 12.1. The van der Waals surface area contributed by atoms with E-state index in [9.17, 15) is 9.90 Å². The van der Waals surface area contributed by atoms with Crippen LogP contribution in [-0.4, -0.2) is 22.2 Å². The first kappa shape index (κ1) is 13.6. The van der Waals surface area contributed by atoms with Crippen molar-refractivity contribution in [2.45, 2.75) is 64.0 Å². The van der Waals surface area contributed by atoms with E-state index in [0.717, 1.165) is 30.6 Å². The molecule has 1 fully saturated rings. The molecule has 2 aliphatic rings. The Kier molecular flexibility index (Phi) is 4.05. The number of nitrogens with zero attached hydrogens (tertiary/aromatic N) is 1. The number of amides is 1. The molecule has 3 rings (SSSR count). The van der Waals surface area contributed by atoms with Crippen molar-refractivity contribution in [1.82, 2.24) is 10.5 Å². The average Bonchev–Trinajstić information content (AvgIpc) is 3.07. The predicted molar refractivity (Wildman–Crippen MR) is 73.0 cm³/mol. The topological polar surface area (TPSA) is 75.4 Å². The lowest BCUT2D eigenvalue weighted by molar-refractivity contribution is -0.122. The quantitative estimate of drug-likeness (QED) is 0.879. The molecule has 5 heteroatoms. The average molecular weight is 278 g/mol. The first-order valence-electron chi connectivity index (χ1n) is 7.62.